The van der Waals surface area contributed by atoms with Crippen LogP contribution >= 0.6 is 28.3 Å². The number of nitrogens with zero attached hydrogens (tertiary/aromatic N) is 1. The van der Waals surface area contributed by atoms with Crippen molar-refractivity contribution >= 4 is 48.2 Å². The van der Waals surface area contributed by atoms with Gasteiger partial charge in [-0.2, -0.15) is 4.31 Å². The van der Waals surface area contributed by atoms with Crippen LogP contribution in [0.25, 0.3) is 0 Å². The minimum atomic E-state index is -3.72. The molecule has 1 N–H and O–H groups in total. The topological polar surface area (TPSA) is 83.5 Å². The van der Waals surface area contributed by atoms with Gasteiger partial charge in [-0.05, 0) is 47.1 Å². The zero-order valence-electron chi connectivity index (χ0n) is 12.0. The maximum atomic E-state index is 12.7. The molecule has 1 heterocycles. The Morgan fingerprint density at radius 3 is 2.45 bits per heavy atom. The quantitative estimate of drug-likeness (QED) is 0.776. The molecule has 10 heteroatoms. The fourth-order valence-corrected chi connectivity index (χ4v) is 5.26. The molecule has 22 heavy (non-hydrogen) atoms. The summed E-state index contributed by atoms with van der Waals surface area (Å²) >= 11 is 3.20. The van der Waals surface area contributed by atoms with Crippen molar-refractivity contribution in [3.63, 3.8) is 0 Å². The Morgan fingerprint density at radius 1 is 1.14 bits per heavy atom. The van der Waals surface area contributed by atoms with E-state index in [2.05, 4.69) is 21.2 Å². The van der Waals surface area contributed by atoms with E-state index in [4.69, 9.17) is 0 Å². The molecule has 0 unspecified atom stereocenters. The molecule has 0 saturated carbocycles. The number of benzene rings is 1. The molecule has 6 nitrogen and oxygen atoms in total. The van der Waals surface area contributed by atoms with Gasteiger partial charge in [0.25, 0.3) is 0 Å². The van der Waals surface area contributed by atoms with E-state index in [-0.39, 0.29) is 22.2 Å². The van der Waals surface area contributed by atoms with Gasteiger partial charge in [0.2, 0.25) is 10.0 Å². The van der Waals surface area contributed by atoms with Gasteiger partial charge in [-0.25, -0.2) is 16.8 Å². The molecule has 2 rings (SSSR count). The number of sulfone groups is 1. The third kappa shape index (κ3) is 4.42. The third-order valence-electron chi connectivity index (χ3n) is 3.25. The number of halogens is 2. The fourth-order valence-electron chi connectivity index (χ4n) is 2.11. The van der Waals surface area contributed by atoms with Gasteiger partial charge in [0.05, 0.1) is 9.79 Å². The van der Waals surface area contributed by atoms with Crippen molar-refractivity contribution in [3.8, 4) is 0 Å². The van der Waals surface area contributed by atoms with Gasteiger partial charge in [-0.15, -0.1) is 12.4 Å². The lowest BCUT2D eigenvalue weighted by Crippen LogP contribution is -2.34. The summed E-state index contributed by atoms with van der Waals surface area (Å²) in [5, 5.41) is 3.14. The Labute approximate surface area is 145 Å². The van der Waals surface area contributed by atoms with Gasteiger partial charge in [0, 0.05) is 30.4 Å². The molecule has 1 fully saturated rings. The van der Waals surface area contributed by atoms with E-state index in [1.807, 2.05) is 0 Å². The highest BCUT2D eigenvalue weighted by Gasteiger charge is 2.28. The van der Waals surface area contributed by atoms with E-state index in [9.17, 15) is 16.8 Å². The monoisotopic (exact) mass is 432 g/mol. The van der Waals surface area contributed by atoms with Crippen molar-refractivity contribution in [3.05, 3.63) is 22.7 Å². The van der Waals surface area contributed by atoms with Crippen LogP contribution in [0, 0.1) is 0 Å². The smallest absolute Gasteiger partial charge is 0.244 e. The molecule has 0 bridgehead atoms. The van der Waals surface area contributed by atoms with Crippen molar-refractivity contribution < 1.29 is 16.8 Å². The van der Waals surface area contributed by atoms with E-state index >= 15 is 0 Å². The summed E-state index contributed by atoms with van der Waals surface area (Å²) in [5.41, 5.74) is 0. The molecule has 1 aliphatic heterocycles. The highest BCUT2D eigenvalue weighted by molar-refractivity contribution is 9.10. The van der Waals surface area contributed by atoms with Gasteiger partial charge in [-0.3, -0.25) is 0 Å². The standard InChI is InChI=1S/C12H17BrN2O4S2.ClH/c1-20(16,17)10-3-4-11(13)12(9-10)21(18,19)15-7-2-5-14-6-8-15;/h3-4,9,14H,2,5-8H2,1H3;1H. The van der Waals surface area contributed by atoms with Crippen LogP contribution in [0.4, 0.5) is 0 Å². The Morgan fingerprint density at radius 2 is 1.82 bits per heavy atom. The van der Waals surface area contributed by atoms with E-state index in [0.717, 1.165) is 19.2 Å². The summed E-state index contributed by atoms with van der Waals surface area (Å²) in [5.74, 6) is 0. The molecule has 0 amide bonds. The van der Waals surface area contributed by atoms with Crippen LogP contribution in [0.15, 0.2) is 32.5 Å². The SMILES string of the molecule is CS(=O)(=O)c1ccc(Br)c(S(=O)(=O)N2CCCNCC2)c1.Cl. The molecule has 0 aromatic heterocycles. The summed E-state index contributed by atoms with van der Waals surface area (Å²) in [6, 6.07) is 4.06. The molecule has 0 radical (unpaired) electrons. The molecule has 1 aliphatic rings. The predicted molar refractivity (Wildman–Crippen MR) is 90.7 cm³/mol. The molecular formula is C12H18BrClN2O4S2. The first-order chi connectivity index (χ1) is 9.73. The van der Waals surface area contributed by atoms with Crippen molar-refractivity contribution in [1.29, 1.82) is 0 Å². The number of hydrogen-bond acceptors (Lipinski definition) is 5. The molecule has 126 valence electrons. The molecule has 1 aromatic carbocycles. The Balaban J connectivity index is 0.00000242. The highest BCUT2D eigenvalue weighted by atomic mass is 79.9. The summed E-state index contributed by atoms with van der Waals surface area (Å²) < 4.78 is 50.4. The van der Waals surface area contributed by atoms with Crippen LogP contribution in [0.1, 0.15) is 6.42 Å². The maximum Gasteiger partial charge on any atom is 0.244 e. The van der Waals surface area contributed by atoms with Crippen LogP contribution in [-0.4, -0.2) is 53.6 Å². The normalized spacial score (nSPS) is 17.5. The highest BCUT2D eigenvalue weighted by Crippen LogP contribution is 2.28. The molecular weight excluding hydrogens is 416 g/mol. The number of sulfonamides is 1. The van der Waals surface area contributed by atoms with Crippen molar-refractivity contribution in [1.82, 2.24) is 9.62 Å². The second kappa shape index (κ2) is 7.59. The average molecular weight is 434 g/mol. The zero-order valence-corrected chi connectivity index (χ0v) is 16.0. The van der Waals surface area contributed by atoms with Gasteiger partial charge in [-0.1, -0.05) is 0 Å². The molecule has 0 spiro atoms. The first-order valence-electron chi connectivity index (χ1n) is 6.43. The van der Waals surface area contributed by atoms with Crippen LogP contribution < -0.4 is 5.32 Å². The van der Waals surface area contributed by atoms with Crippen molar-refractivity contribution in [2.75, 3.05) is 32.4 Å². The van der Waals surface area contributed by atoms with Crippen LogP contribution in [-0.2, 0) is 19.9 Å². The minimum absolute atomic E-state index is 0. The Bertz CT molecular complexity index is 729. The van der Waals surface area contributed by atoms with Crippen LogP contribution in [0.2, 0.25) is 0 Å². The van der Waals surface area contributed by atoms with Crippen LogP contribution in [0.3, 0.4) is 0 Å². The number of rotatable bonds is 3. The summed E-state index contributed by atoms with van der Waals surface area (Å²) in [4.78, 5) is -0.00968. The second-order valence-corrected chi connectivity index (χ2v) is 9.65. The van der Waals surface area contributed by atoms with E-state index < -0.39 is 19.9 Å². The van der Waals surface area contributed by atoms with E-state index in [1.54, 1.807) is 0 Å². The summed E-state index contributed by atoms with van der Waals surface area (Å²) in [6.45, 7) is 2.15. The lowest BCUT2D eigenvalue weighted by Gasteiger charge is -2.20. The van der Waals surface area contributed by atoms with E-state index in [1.165, 1.54) is 22.5 Å². The van der Waals surface area contributed by atoms with Gasteiger partial charge in [0.1, 0.15) is 0 Å². The molecule has 0 aliphatic carbocycles. The Hall–Kier alpha value is -0.190. The van der Waals surface area contributed by atoms with E-state index in [0.29, 0.717) is 24.1 Å². The average Bonchev–Trinajstić information content (AvgIpc) is 2.66. The molecule has 1 aromatic rings. The van der Waals surface area contributed by atoms with Crippen molar-refractivity contribution in [2.24, 2.45) is 0 Å². The maximum absolute atomic E-state index is 12.7. The first kappa shape index (κ1) is 19.9. The summed E-state index contributed by atoms with van der Waals surface area (Å²) in [6.07, 6.45) is 1.78. The van der Waals surface area contributed by atoms with Crippen molar-refractivity contribution in [2.45, 2.75) is 16.2 Å². The van der Waals surface area contributed by atoms with Crippen LogP contribution in [0.5, 0.6) is 0 Å². The lowest BCUT2D eigenvalue weighted by atomic mass is 10.4. The van der Waals surface area contributed by atoms with Gasteiger partial charge in [0.15, 0.2) is 9.84 Å². The number of hydrogen-bond donors (Lipinski definition) is 1. The van der Waals surface area contributed by atoms with Gasteiger partial charge >= 0.3 is 0 Å². The fraction of sp³-hybridized carbons (Fsp3) is 0.500. The minimum Gasteiger partial charge on any atom is -0.315 e. The second-order valence-electron chi connectivity index (χ2n) is 4.87. The molecule has 0 atom stereocenters. The first-order valence-corrected chi connectivity index (χ1v) is 10.6. The molecule has 1 saturated heterocycles. The number of nitrogens with one attached hydrogen (secondary N) is 1. The Kier molecular flexibility index (Phi) is 6.85. The zero-order chi connectivity index (χ0) is 15.7. The lowest BCUT2D eigenvalue weighted by molar-refractivity contribution is 0.431. The van der Waals surface area contributed by atoms with Gasteiger partial charge < -0.3 is 5.32 Å². The third-order valence-corrected chi connectivity index (χ3v) is 7.25. The predicted octanol–water partition coefficient (Wildman–Crippen LogP) is 1.26. The summed E-state index contributed by atoms with van der Waals surface area (Å²) in [7, 11) is -7.17. The largest absolute Gasteiger partial charge is 0.315 e.